The lowest BCUT2D eigenvalue weighted by molar-refractivity contribution is -0.187. The Bertz CT molecular complexity index is 652. The van der Waals surface area contributed by atoms with Crippen LogP contribution in [0.25, 0.3) is 0 Å². The number of alkyl halides is 3. The molecule has 6 nitrogen and oxygen atoms in total. The van der Waals surface area contributed by atoms with Crippen LogP contribution >= 0.6 is 11.3 Å². The molecule has 2 unspecified atom stereocenters. The summed E-state index contributed by atoms with van der Waals surface area (Å²) in [5.41, 5.74) is 0. The second kappa shape index (κ2) is 7.43. The fourth-order valence-corrected chi connectivity index (χ4v) is 4.21. The van der Waals surface area contributed by atoms with Crippen molar-refractivity contribution < 1.29 is 32.6 Å². The molecule has 2 saturated heterocycles. The van der Waals surface area contributed by atoms with Crippen molar-refractivity contribution in [2.45, 2.75) is 31.2 Å². The third kappa shape index (κ3) is 4.12. The Kier molecular flexibility index (Phi) is 5.42. The number of rotatable bonds is 3. The molecule has 0 bridgehead atoms. The molecule has 2 aliphatic heterocycles. The first-order valence-electron chi connectivity index (χ1n) is 8.25. The van der Waals surface area contributed by atoms with E-state index >= 15 is 0 Å². The summed E-state index contributed by atoms with van der Waals surface area (Å²) in [5.74, 6) is -5.21. The maximum Gasteiger partial charge on any atom is 0.394 e. The molecule has 144 valence electrons. The van der Waals surface area contributed by atoms with Gasteiger partial charge in [-0.2, -0.15) is 13.2 Å². The highest BCUT2D eigenvalue weighted by molar-refractivity contribution is 7.10. The van der Waals surface area contributed by atoms with Crippen LogP contribution in [0, 0.1) is 11.8 Å². The zero-order chi connectivity index (χ0) is 18.9. The van der Waals surface area contributed by atoms with E-state index in [-0.39, 0.29) is 12.1 Å². The van der Waals surface area contributed by atoms with Crippen LogP contribution in [0.1, 0.15) is 23.8 Å². The number of carbonyl (C=O) groups excluding carboxylic acids is 1. The number of hydrogen-bond donors (Lipinski definition) is 2. The van der Waals surface area contributed by atoms with Crippen molar-refractivity contribution in [3.05, 3.63) is 22.4 Å². The fraction of sp³-hybridized carbons (Fsp3) is 0.625. The molecule has 2 amide bonds. The van der Waals surface area contributed by atoms with Gasteiger partial charge in [-0.05, 0) is 24.3 Å². The summed E-state index contributed by atoms with van der Waals surface area (Å²) >= 11 is 1.54. The van der Waals surface area contributed by atoms with Crippen molar-refractivity contribution in [3.63, 3.8) is 0 Å². The summed E-state index contributed by atoms with van der Waals surface area (Å²) in [7, 11) is 0. The number of amides is 2. The maximum absolute atomic E-state index is 13.0. The number of hydrogen-bond acceptors (Lipinski definition) is 4. The van der Waals surface area contributed by atoms with Gasteiger partial charge in [0.2, 0.25) is 0 Å². The summed E-state index contributed by atoms with van der Waals surface area (Å²) in [6.45, 7) is -0.636. The van der Waals surface area contributed by atoms with Crippen LogP contribution in [0.15, 0.2) is 17.5 Å². The van der Waals surface area contributed by atoms with E-state index in [4.69, 9.17) is 9.84 Å². The standard InChI is InChI=1S/C16H19F3N2O4S/c17-16(18,19)11-8-21(7-10(11)14(22)23)15(24)20-9-3-4-25-12(6-9)13-2-1-5-26-13/h1-2,5,9-12H,3-4,6-8H2,(H,20,24)(H,22,23)/t9?,10-,11-,12?/m1/s1. The Balaban J connectivity index is 1.60. The van der Waals surface area contributed by atoms with Crippen molar-refractivity contribution >= 4 is 23.3 Å². The number of carbonyl (C=O) groups is 2. The molecular formula is C16H19F3N2O4S. The Hall–Kier alpha value is -1.81. The number of urea groups is 1. The minimum atomic E-state index is -4.65. The van der Waals surface area contributed by atoms with E-state index in [1.54, 1.807) is 11.3 Å². The molecule has 0 saturated carbocycles. The molecule has 2 aliphatic rings. The largest absolute Gasteiger partial charge is 0.481 e. The monoisotopic (exact) mass is 392 g/mol. The Morgan fingerprint density at radius 2 is 2.12 bits per heavy atom. The quantitative estimate of drug-likeness (QED) is 0.829. The lowest BCUT2D eigenvalue weighted by atomic mass is 9.96. The van der Waals surface area contributed by atoms with Crippen molar-refractivity contribution in [3.8, 4) is 0 Å². The van der Waals surface area contributed by atoms with Gasteiger partial charge < -0.3 is 20.1 Å². The van der Waals surface area contributed by atoms with E-state index in [2.05, 4.69) is 5.32 Å². The van der Waals surface area contributed by atoms with E-state index in [1.807, 2.05) is 17.5 Å². The Morgan fingerprint density at radius 3 is 2.69 bits per heavy atom. The lowest BCUT2D eigenvalue weighted by Crippen LogP contribution is -2.46. The summed E-state index contributed by atoms with van der Waals surface area (Å²) in [4.78, 5) is 25.5. The second-order valence-electron chi connectivity index (χ2n) is 6.54. The van der Waals surface area contributed by atoms with Gasteiger partial charge in [0.1, 0.15) is 0 Å². The average Bonchev–Trinajstić information content (AvgIpc) is 3.24. The first-order chi connectivity index (χ1) is 12.3. The van der Waals surface area contributed by atoms with Crippen molar-refractivity contribution in [1.82, 2.24) is 10.2 Å². The van der Waals surface area contributed by atoms with Crippen LogP contribution < -0.4 is 5.32 Å². The van der Waals surface area contributed by atoms with Crippen molar-refractivity contribution in [2.24, 2.45) is 11.8 Å². The summed E-state index contributed by atoms with van der Waals surface area (Å²) in [6, 6.07) is 2.96. The third-order valence-electron chi connectivity index (χ3n) is 4.82. The molecule has 4 atom stereocenters. The predicted molar refractivity (Wildman–Crippen MR) is 86.8 cm³/mol. The molecule has 2 N–H and O–H groups in total. The number of likely N-dealkylation sites (tertiary alicyclic amines) is 1. The van der Waals surface area contributed by atoms with Crippen LogP contribution in [0.3, 0.4) is 0 Å². The normalized spacial score (nSPS) is 29.6. The molecule has 26 heavy (non-hydrogen) atoms. The predicted octanol–water partition coefficient (Wildman–Crippen LogP) is 2.87. The van der Waals surface area contributed by atoms with Gasteiger partial charge in [0.25, 0.3) is 0 Å². The molecule has 1 aromatic rings. The number of ether oxygens (including phenoxy) is 1. The molecule has 2 fully saturated rings. The zero-order valence-corrected chi connectivity index (χ0v) is 14.6. The van der Waals surface area contributed by atoms with Gasteiger partial charge in [0, 0.05) is 30.6 Å². The van der Waals surface area contributed by atoms with Gasteiger partial charge in [-0.25, -0.2) is 4.79 Å². The highest BCUT2D eigenvalue weighted by atomic mass is 32.1. The molecule has 1 aromatic heterocycles. The number of aliphatic carboxylic acids is 1. The minimum absolute atomic E-state index is 0.151. The molecule has 0 aromatic carbocycles. The van der Waals surface area contributed by atoms with Gasteiger partial charge in [-0.1, -0.05) is 6.07 Å². The van der Waals surface area contributed by atoms with Gasteiger partial charge in [0.15, 0.2) is 0 Å². The van der Waals surface area contributed by atoms with Crippen molar-refractivity contribution in [1.29, 1.82) is 0 Å². The number of nitrogens with zero attached hydrogens (tertiary/aromatic N) is 1. The average molecular weight is 392 g/mol. The van der Waals surface area contributed by atoms with E-state index in [0.717, 1.165) is 9.78 Å². The molecule has 0 aliphatic carbocycles. The van der Waals surface area contributed by atoms with Crippen LogP contribution in [-0.4, -0.2) is 53.9 Å². The van der Waals surface area contributed by atoms with E-state index in [0.29, 0.717) is 19.4 Å². The number of carboxylic acids is 1. The summed E-state index contributed by atoms with van der Waals surface area (Å²) < 4.78 is 44.8. The van der Waals surface area contributed by atoms with E-state index in [1.165, 1.54) is 0 Å². The van der Waals surface area contributed by atoms with Crippen LogP contribution in [0.5, 0.6) is 0 Å². The second-order valence-corrected chi connectivity index (χ2v) is 7.52. The maximum atomic E-state index is 13.0. The van der Waals surface area contributed by atoms with Crippen LogP contribution in [0.2, 0.25) is 0 Å². The van der Waals surface area contributed by atoms with Gasteiger partial charge in [-0.3, -0.25) is 4.79 Å². The molecule has 3 rings (SSSR count). The Morgan fingerprint density at radius 1 is 1.35 bits per heavy atom. The van der Waals surface area contributed by atoms with Gasteiger partial charge >= 0.3 is 18.2 Å². The topological polar surface area (TPSA) is 78.9 Å². The molecule has 3 heterocycles. The molecule has 10 heteroatoms. The molecular weight excluding hydrogens is 373 g/mol. The number of carboxylic acid groups (broad SMARTS) is 1. The number of halogens is 3. The summed E-state index contributed by atoms with van der Waals surface area (Å²) in [6.07, 6.45) is -3.71. The van der Waals surface area contributed by atoms with Gasteiger partial charge in [-0.15, -0.1) is 11.3 Å². The summed E-state index contributed by atoms with van der Waals surface area (Å²) in [5, 5.41) is 13.7. The lowest BCUT2D eigenvalue weighted by Gasteiger charge is -2.31. The molecule has 0 radical (unpaired) electrons. The first-order valence-corrected chi connectivity index (χ1v) is 9.13. The first kappa shape index (κ1) is 19.0. The highest BCUT2D eigenvalue weighted by Crippen LogP contribution is 2.38. The SMILES string of the molecule is O=C(O)[C@@H]1CN(C(=O)NC2CCOC(c3cccs3)C2)C[C@H]1C(F)(F)F. The number of thiophene rings is 1. The fourth-order valence-electron chi connectivity index (χ4n) is 3.42. The van der Waals surface area contributed by atoms with Crippen molar-refractivity contribution in [2.75, 3.05) is 19.7 Å². The zero-order valence-electron chi connectivity index (χ0n) is 13.7. The van der Waals surface area contributed by atoms with Crippen LogP contribution in [0.4, 0.5) is 18.0 Å². The molecule has 0 spiro atoms. The van der Waals surface area contributed by atoms with E-state index < -0.39 is 43.1 Å². The number of nitrogens with one attached hydrogen (secondary N) is 1. The smallest absolute Gasteiger partial charge is 0.394 e. The van der Waals surface area contributed by atoms with Gasteiger partial charge in [0.05, 0.1) is 17.9 Å². The Labute approximate surface area is 151 Å². The third-order valence-corrected chi connectivity index (χ3v) is 5.78. The van der Waals surface area contributed by atoms with Crippen LogP contribution in [-0.2, 0) is 9.53 Å². The van der Waals surface area contributed by atoms with E-state index in [9.17, 15) is 22.8 Å². The highest BCUT2D eigenvalue weighted by Gasteiger charge is 2.53. The minimum Gasteiger partial charge on any atom is -0.481 e.